The number of hydrogen-bond acceptors (Lipinski definition) is 3. The highest BCUT2D eigenvalue weighted by Gasteiger charge is 2.34. The Morgan fingerprint density at radius 3 is 2.47 bits per heavy atom. The van der Waals surface area contributed by atoms with E-state index in [0.29, 0.717) is 17.9 Å². The van der Waals surface area contributed by atoms with E-state index in [-0.39, 0.29) is 12.5 Å². The quantitative estimate of drug-likeness (QED) is 0.840. The topological polar surface area (TPSA) is 43.8 Å². The fourth-order valence-electron chi connectivity index (χ4n) is 3.59. The summed E-state index contributed by atoms with van der Waals surface area (Å²) in [6, 6.07) is 0.297. The number of carbonyl (C=O) groups excluding carboxylic acids is 1. The minimum atomic E-state index is 0.230. The average molecular weight is 268 g/mol. The smallest absolute Gasteiger partial charge is 0.225 e. The second-order valence-electron chi connectivity index (χ2n) is 6.38. The number of aliphatic hydroxyl groups excluding tert-OH is 1. The van der Waals surface area contributed by atoms with Gasteiger partial charge in [-0.25, -0.2) is 0 Å². The van der Waals surface area contributed by atoms with E-state index < -0.39 is 0 Å². The predicted molar refractivity (Wildman–Crippen MR) is 75.8 cm³/mol. The highest BCUT2D eigenvalue weighted by molar-refractivity contribution is 5.79. The van der Waals surface area contributed by atoms with Crippen molar-refractivity contribution in [3.63, 3.8) is 0 Å². The molecule has 0 spiro atoms. The normalized spacial score (nSPS) is 29.8. The Labute approximate surface area is 116 Å². The second kappa shape index (κ2) is 6.71. The summed E-state index contributed by atoms with van der Waals surface area (Å²) in [5, 5.41) is 9.45. The van der Waals surface area contributed by atoms with Gasteiger partial charge in [0, 0.05) is 37.6 Å². The van der Waals surface area contributed by atoms with Gasteiger partial charge >= 0.3 is 0 Å². The Morgan fingerprint density at radius 1 is 1.21 bits per heavy atom. The van der Waals surface area contributed by atoms with Gasteiger partial charge in [0.25, 0.3) is 0 Å². The van der Waals surface area contributed by atoms with Crippen LogP contribution in [0.5, 0.6) is 0 Å². The zero-order chi connectivity index (χ0) is 13.8. The van der Waals surface area contributed by atoms with Gasteiger partial charge in [-0.2, -0.15) is 0 Å². The molecule has 0 unspecified atom stereocenters. The molecule has 4 heteroatoms. The Bertz CT molecular complexity index is 301. The maximum atomic E-state index is 12.6. The molecule has 0 bridgehead atoms. The van der Waals surface area contributed by atoms with Crippen LogP contribution in [-0.4, -0.2) is 60.6 Å². The lowest BCUT2D eigenvalue weighted by Gasteiger charge is -2.42. The molecular formula is C15H28N2O2. The van der Waals surface area contributed by atoms with Crippen molar-refractivity contribution in [3.8, 4) is 0 Å². The summed E-state index contributed by atoms with van der Waals surface area (Å²) < 4.78 is 0. The van der Waals surface area contributed by atoms with Crippen LogP contribution in [-0.2, 0) is 4.79 Å². The molecule has 1 aliphatic carbocycles. The first-order valence-electron chi connectivity index (χ1n) is 7.69. The van der Waals surface area contributed by atoms with Gasteiger partial charge in [0.2, 0.25) is 5.91 Å². The number of amides is 1. The lowest BCUT2D eigenvalue weighted by molar-refractivity contribution is -0.139. The van der Waals surface area contributed by atoms with Gasteiger partial charge in [-0.15, -0.1) is 0 Å². The van der Waals surface area contributed by atoms with Crippen molar-refractivity contribution in [1.82, 2.24) is 9.80 Å². The van der Waals surface area contributed by atoms with Gasteiger partial charge in [0.1, 0.15) is 0 Å². The lowest BCUT2D eigenvalue weighted by Crippen LogP contribution is -2.54. The molecule has 0 aromatic heterocycles. The van der Waals surface area contributed by atoms with Crippen LogP contribution in [0.2, 0.25) is 0 Å². The van der Waals surface area contributed by atoms with Crippen molar-refractivity contribution in [3.05, 3.63) is 0 Å². The molecule has 2 rings (SSSR count). The number of rotatable bonds is 3. The molecule has 2 fully saturated rings. The first-order chi connectivity index (χ1) is 9.13. The minimum absolute atomic E-state index is 0.230. The standard InChI is InChI=1S/C15H28N2O2/c1-16(2)14-10-17(9-8-13(14)11-18)15(19)12-6-4-3-5-7-12/h12-14,18H,3-11H2,1-2H3/t13-,14-/m1/s1. The summed E-state index contributed by atoms with van der Waals surface area (Å²) >= 11 is 0. The zero-order valence-corrected chi connectivity index (χ0v) is 12.3. The molecule has 0 radical (unpaired) electrons. The number of aliphatic hydroxyl groups is 1. The van der Waals surface area contributed by atoms with Crippen molar-refractivity contribution in [1.29, 1.82) is 0 Å². The molecule has 1 N–H and O–H groups in total. The van der Waals surface area contributed by atoms with Crippen LogP contribution in [0.15, 0.2) is 0 Å². The molecule has 110 valence electrons. The largest absolute Gasteiger partial charge is 0.396 e. The van der Waals surface area contributed by atoms with E-state index in [1.54, 1.807) is 0 Å². The molecule has 2 atom stereocenters. The van der Waals surface area contributed by atoms with Crippen molar-refractivity contribution < 1.29 is 9.90 Å². The SMILES string of the molecule is CN(C)[C@@H]1CN(C(=O)C2CCCCC2)CC[C@@H]1CO. The Kier molecular flexibility index (Phi) is 5.22. The monoisotopic (exact) mass is 268 g/mol. The summed E-state index contributed by atoms with van der Waals surface area (Å²) in [4.78, 5) is 16.8. The number of hydrogen-bond donors (Lipinski definition) is 1. The highest BCUT2D eigenvalue weighted by Crippen LogP contribution is 2.28. The molecule has 1 saturated heterocycles. The van der Waals surface area contributed by atoms with Crippen LogP contribution in [0.1, 0.15) is 38.5 Å². The number of likely N-dealkylation sites (tertiary alicyclic amines) is 1. The van der Waals surface area contributed by atoms with E-state index in [4.69, 9.17) is 0 Å². The Balaban J connectivity index is 1.95. The van der Waals surface area contributed by atoms with Gasteiger partial charge in [0.15, 0.2) is 0 Å². The zero-order valence-electron chi connectivity index (χ0n) is 12.3. The lowest BCUT2D eigenvalue weighted by atomic mass is 9.86. The molecule has 4 nitrogen and oxygen atoms in total. The van der Waals surface area contributed by atoms with E-state index in [0.717, 1.165) is 32.4 Å². The van der Waals surface area contributed by atoms with E-state index in [9.17, 15) is 9.90 Å². The molecule has 1 amide bonds. The first kappa shape index (κ1) is 14.8. The highest BCUT2D eigenvalue weighted by atomic mass is 16.3. The number of carbonyl (C=O) groups is 1. The van der Waals surface area contributed by atoms with Gasteiger partial charge in [-0.3, -0.25) is 4.79 Å². The van der Waals surface area contributed by atoms with E-state index >= 15 is 0 Å². The van der Waals surface area contributed by atoms with Crippen LogP contribution in [0.4, 0.5) is 0 Å². The van der Waals surface area contributed by atoms with Crippen molar-refractivity contribution >= 4 is 5.91 Å². The number of nitrogens with zero attached hydrogens (tertiary/aromatic N) is 2. The van der Waals surface area contributed by atoms with Gasteiger partial charge in [0.05, 0.1) is 0 Å². The fraction of sp³-hybridized carbons (Fsp3) is 0.933. The molecule has 0 aromatic rings. The summed E-state index contributed by atoms with van der Waals surface area (Å²) in [6.45, 7) is 1.84. The fourth-order valence-corrected chi connectivity index (χ4v) is 3.59. The van der Waals surface area contributed by atoms with Crippen LogP contribution in [0, 0.1) is 11.8 Å². The average Bonchev–Trinajstić information content (AvgIpc) is 2.46. The summed E-state index contributed by atoms with van der Waals surface area (Å²) in [5.74, 6) is 0.940. The van der Waals surface area contributed by atoms with Crippen molar-refractivity contribution in [2.45, 2.75) is 44.6 Å². The maximum absolute atomic E-state index is 12.6. The first-order valence-corrected chi connectivity index (χ1v) is 7.69. The molecule has 1 heterocycles. The van der Waals surface area contributed by atoms with Crippen LogP contribution >= 0.6 is 0 Å². The molecule has 0 aromatic carbocycles. The number of piperidine rings is 1. The minimum Gasteiger partial charge on any atom is -0.396 e. The Morgan fingerprint density at radius 2 is 1.89 bits per heavy atom. The molecule has 2 aliphatic rings. The van der Waals surface area contributed by atoms with E-state index in [1.807, 2.05) is 19.0 Å². The third-order valence-corrected chi connectivity index (χ3v) is 4.89. The third kappa shape index (κ3) is 3.48. The maximum Gasteiger partial charge on any atom is 0.225 e. The van der Waals surface area contributed by atoms with Crippen LogP contribution < -0.4 is 0 Å². The van der Waals surface area contributed by atoms with Gasteiger partial charge in [-0.1, -0.05) is 19.3 Å². The molecular weight excluding hydrogens is 240 g/mol. The number of likely N-dealkylation sites (N-methyl/N-ethyl adjacent to an activating group) is 1. The van der Waals surface area contributed by atoms with Crippen molar-refractivity contribution in [2.24, 2.45) is 11.8 Å². The van der Waals surface area contributed by atoms with E-state index in [2.05, 4.69) is 4.90 Å². The third-order valence-electron chi connectivity index (χ3n) is 4.89. The van der Waals surface area contributed by atoms with Gasteiger partial charge in [-0.05, 0) is 33.4 Å². The van der Waals surface area contributed by atoms with Crippen LogP contribution in [0.3, 0.4) is 0 Å². The summed E-state index contributed by atoms with van der Waals surface area (Å²) in [7, 11) is 4.09. The molecule has 1 aliphatic heterocycles. The Hall–Kier alpha value is -0.610. The summed E-state index contributed by atoms with van der Waals surface area (Å²) in [5.41, 5.74) is 0. The molecule has 1 saturated carbocycles. The summed E-state index contributed by atoms with van der Waals surface area (Å²) in [6.07, 6.45) is 6.78. The van der Waals surface area contributed by atoms with Crippen molar-refractivity contribution in [2.75, 3.05) is 33.8 Å². The second-order valence-corrected chi connectivity index (χ2v) is 6.38. The molecule has 19 heavy (non-hydrogen) atoms. The van der Waals surface area contributed by atoms with Gasteiger partial charge < -0.3 is 14.9 Å². The van der Waals surface area contributed by atoms with Crippen LogP contribution in [0.25, 0.3) is 0 Å². The van der Waals surface area contributed by atoms with E-state index in [1.165, 1.54) is 19.3 Å². The predicted octanol–water partition coefficient (Wildman–Crippen LogP) is 1.34.